The van der Waals surface area contributed by atoms with Gasteiger partial charge in [0.05, 0.1) is 0 Å². The molecule has 0 atom stereocenters. The van der Waals surface area contributed by atoms with Crippen molar-refractivity contribution in [3.63, 3.8) is 0 Å². The molecule has 2 rings (SSSR count). The van der Waals surface area contributed by atoms with Gasteiger partial charge in [0.15, 0.2) is 0 Å². The fraction of sp³-hybridized carbons (Fsp3) is 0.529. The highest BCUT2D eigenvalue weighted by Gasteiger charge is 2.23. The molecule has 4 heteroatoms. The lowest BCUT2D eigenvalue weighted by Crippen LogP contribution is -2.44. The van der Waals surface area contributed by atoms with Crippen LogP contribution in [0.25, 0.3) is 0 Å². The van der Waals surface area contributed by atoms with Crippen molar-refractivity contribution < 1.29 is 9.59 Å². The molecule has 4 nitrogen and oxygen atoms in total. The van der Waals surface area contributed by atoms with Crippen molar-refractivity contribution in [1.29, 1.82) is 0 Å². The molecule has 1 fully saturated rings. The predicted molar refractivity (Wildman–Crippen MR) is 82.5 cm³/mol. The summed E-state index contributed by atoms with van der Waals surface area (Å²) in [4.78, 5) is 27.6. The number of amides is 2. The zero-order chi connectivity index (χ0) is 15.2. The van der Waals surface area contributed by atoms with E-state index in [1.165, 1.54) is 6.92 Å². The van der Waals surface area contributed by atoms with Crippen LogP contribution in [0.4, 0.5) is 0 Å². The molecule has 0 bridgehead atoms. The second-order valence-electron chi connectivity index (χ2n) is 5.92. The Morgan fingerprint density at radius 2 is 1.81 bits per heavy atom. The van der Waals surface area contributed by atoms with Crippen LogP contribution in [0, 0.1) is 5.92 Å². The number of carbonyl (C=O) groups excluding carboxylic acids is 2. The van der Waals surface area contributed by atoms with Crippen LogP contribution in [0.15, 0.2) is 30.3 Å². The second-order valence-corrected chi connectivity index (χ2v) is 5.92. The highest BCUT2D eigenvalue weighted by atomic mass is 16.2. The van der Waals surface area contributed by atoms with Crippen molar-refractivity contribution in [2.24, 2.45) is 5.92 Å². The highest BCUT2D eigenvalue weighted by Crippen LogP contribution is 2.16. The first-order valence-electron chi connectivity index (χ1n) is 7.63. The van der Waals surface area contributed by atoms with Gasteiger partial charge in [-0.2, -0.15) is 0 Å². The zero-order valence-electron chi connectivity index (χ0n) is 12.9. The lowest BCUT2D eigenvalue weighted by molar-refractivity contribution is -0.140. The van der Waals surface area contributed by atoms with Crippen molar-refractivity contribution >= 4 is 11.8 Å². The minimum absolute atomic E-state index is 0.0578. The van der Waals surface area contributed by atoms with Crippen LogP contribution in [0.3, 0.4) is 0 Å². The van der Waals surface area contributed by atoms with Gasteiger partial charge in [-0.15, -0.1) is 0 Å². The van der Waals surface area contributed by atoms with E-state index in [-0.39, 0.29) is 18.4 Å². The van der Waals surface area contributed by atoms with Gasteiger partial charge in [0.25, 0.3) is 0 Å². The Bertz CT molecular complexity index is 479. The van der Waals surface area contributed by atoms with Crippen LogP contribution in [-0.4, -0.2) is 41.2 Å². The van der Waals surface area contributed by atoms with Gasteiger partial charge in [-0.1, -0.05) is 37.3 Å². The number of benzene rings is 1. The summed E-state index contributed by atoms with van der Waals surface area (Å²) in [5, 5.41) is 0. The third kappa shape index (κ3) is 4.59. The molecule has 0 unspecified atom stereocenters. The van der Waals surface area contributed by atoms with Crippen molar-refractivity contribution in [2.45, 2.75) is 33.2 Å². The quantitative estimate of drug-likeness (QED) is 0.853. The van der Waals surface area contributed by atoms with Crippen molar-refractivity contribution in [3.8, 4) is 0 Å². The predicted octanol–water partition coefficient (Wildman–Crippen LogP) is 2.29. The van der Waals surface area contributed by atoms with E-state index in [1.807, 2.05) is 35.2 Å². The molecular weight excluding hydrogens is 264 g/mol. The normalized spacial score (nSPS) is 15.8. The molecule has 114 valence electrons. The molecule has 0 aromatic heterocycles. The first-order chi connectivity index (χ1) is 10.1. The van der Waals surface area contributed by atoms with Gasteiger partial charge in [-0.3, -0.25) is 9.59 Å². The molecule has 1 aliphatic rings. The van der Waals surface area contributed by atoms with Gasteiger partial charge in [0.2, 0.25) is 11.8 Å². The fourth-order valence-corrected chi connectivity index (χ4v) is 2.60. The van der Waals surface area contributed by atoms with Gasteiger partial charge in [-0.25, -0.2) is 0 Å². The number of hydrogen-bond acceptors (Lipinski definition) is 2. The summed E-state index contributed by atoms with van der Waals surface area (Å²) in [6, 6.07) is 9.79. The molecule has 0 N–H and O–H groups in total. The summed E-state index contributed by atoms with van der Waals surface area (Å²) >= 11 is 0. The molecular formula is C17H24N2O2. The maximum absolute atomic E-state index is 12.3. The first-order valence-corrected chi connectivity index (χ1v) is 7.63. The lowest BCUT2D eigenvalue weighted by Gasteiger charge is -2.32. The third-order valence-electron chi connectivity index (χ3n) is 4.12. The Morgan fingerprint density at radius 3 is 2.38 bits per heavy atom. The van der Waals surface area contributed by atoms with E-state index in [0.29, 0.717) is 12.5 Å². The maximum Gasteiger partial charge on any atom is 0.242 e. The molecule has 0 radical (unpaired) electrons. The fourth-order valence-electron chi connectivity index (χ4n) is 2.60. The summed E-state index contributed by atoms with van der Waals surface area (Å²) in [7, 11) is 0. The monoisotopic (exact) mass is 288 g/mol. The van der Waals surface area contributed by atoms with Crippen molar-refractivity contribution in [2.75, 3.05) is 19.6 Å². The average Bonchev–Trinajstić information content (AvgIpc) is 2.48. The highest BCUT2D eigenvalue weighted by molar-refractivity contribution is 5.83. The van der Waals surface area contributed by atoms with Crippen LogP contribution >= 0.6 is 0 Å². The van der Waals surface area contributed by atoms with E-state index in [1.54, 1.807) is 4.90 Å². The standard InChI is InChI=1S/C17H24N2O2/c1-14-8-10-18(11-9-14)17(21)13-19(15(2)20)12-16-6-4-3-5-7-16/h3-7,14H,8-13H2,1-2H3. The molecule has 1 saturated heterocycles. The van der Waals surface area contributed by atoms with Crippen LogP contribution in [0.2, 0.25) is 0 Å². The van der Waals surface area contributed by atoms with E-state index in [2.05, 4.69) is 6.92 Å². The van der Waals surface area contributed by atoms with E-state index in [4.69, 9.17) is 0 Å². The van der Waals surface area contributed by atoms with E-state index >= 15 is 0 Å². The van der Waals surface area contributed by atoms with Gasteiger partial charge in [-0.05, 0) is 24.3 Å². The van der Waals surface area contributed by atoms with Crippen LogP contribution in [-0.2, 0) is 16.1 Å². The molecule has 0 saturated carbocycles. The second kappa shape index (κ2) is 7.25. The smallest absolute Gasteiger partial charge is 0.242 e. The molecule has 0 spiro atoms. The molecule has 1 heterocycles. The van der Waals surface area contributed by atoms with Crippen molar-refractivity contribution in [1.82, 2.24) is 9.80 Å². The average molecular weight is 288 g/mol. The third-order valence-corrected chi connectivity index (χ3v) is 4.12. The van der Waals surface area contributed by atoms with E-state index in [9.17, 15) is 9.59 Å². The van der Waals surface area contributed by atoms with E-state index < -0.39 is 0 Å². The van der Waals surface area contributed by atoms with Gasteiger partial charge >= 0.3 is 0 Å². The van der Waals surface area contributed by atoms with Gasteiger partial charge in [0, 0.05) is 26.6 Å². The minimum atomic E-state index is -0.0578. The number of carbonyl (C=O) groups is 2. The summed E-state index contributed by atoms with van der Waals surface area (Å²) in [5.74, 6) is 0.702. The number of piperidine rings is 1. The Balaban J connectivity index is 1.93. The maximum atomic E-state index is 12.3. The summed E-state index contributed by atoms with van der Waals surface area (Å²) < 4.78 is 0. The summed E-state index contributed by atoms with van der Waals surface area (Å²) in [6.07, 6.45) is 2.12. The Kier molecular flexibility index (Phi) is 5.37. The van der Waals surface area contributed by atoms with E-state index in [0.717, 1.165) is 31.5 Å². The van der Waals surface area contributed by atoms with Crippen LogP contribution in [0.5, 0.6) is 0 Å². The van der Waals surface area contributed by atoms with Gasteiger partial charge < -0.3 is 9.80 Å². The summed E-state index contributed by atoms with van der Waals surface area (Å²) in [6.45, 7) is 6.05. The number of nitrogens with zero attached hydrogens (tertiary/aromatic N) is 2. The first kappa shape index (κ1) is 15.5. The minimum Gasteiger partial charge on any atom is -0.341 e. The summed E-state index contributed by atoms with van der Waals surface area (Å²) in [5.41, 5.74) is 1.05. The number of likely N-dealkylation sites (tertiary alicyclic amines) is 1. The lowest BCUT2D eigenvalue weighted by atomic mass is 9.99. The molecule has 1 aromatic carbocycles. The topological polar surface area (TPSA) is 40.6 Å². The molecule has 0 aliphatic carbocycles. The Labute approximate surface area is 126 Å². The number of rotatable bonds is 4. The molecule has 1 aliphatic heterocycles. The van der Waals surface area contributed by atoms with Gasteiger partial charge in [0.1, 0.15) is 6.54 Å². The SMILES string of the molecule is CC(=O)N(CC(=O)N1CCC(C)CC1)Cc1ccccc1. The molecule has 21 heavy (non-hydrogen) atoms. The largest absolute Gasteiger partial charge is 0.341 e. The van der Waals surface area contributed by atoms with Crippen LogP contribution in [0.1, 0.15) is 32.3 Å². The molecule has 2 amide bonds. The zero-order valence-corrected chi connectivity index (χ0v) is 12.9. The molecule has 1 aromatic rings. The number of hydrogen-bond donors (Lipinski definition) is 0. The Hall–Kier alpha value is -1.84. The van der Waals surface area contributed by atoms with Crippen LogP contribution < -0.4 is 0 Å². The van der Waals surface area contributed by atoms with Crippen molar-refractivity contribution in [3.05, 3.63) is 35.9 Å². The Morgan fingerprint density at radius 1 is 1.19 bits per heavy atom.